The van der Waals surface area contributed by atoms with Crippen molar-refractivity contribution >= 4 is 16.3 Å². The van der Waals surface area contributed by atoms with Crippen molar-refractivity contribution in [3.8, 4) is 0 Å². The fourth-order valence-electron chi connectivity index (χ4n) is 3.91. The zero-order chi connectivity index (χ0) is 13.5. The van der Waals surface area contributed by atoms with E-state index in [4.69, 9.17) is 0 Å². The predicted molar refractivity (Wildman–Crippen MR) is 85.8 cm³/mol. The van der Waals surface area contributed by atoms with Gasteiger partial charge in [0.15, 0.2) is 0 Å². The molecule has 0 aliphatic carbocycles. The Morgan fingerprint density at radius 2 is 1.95 bits per heavy atom. The van der Waals surface area contributed by atoms with E-state index in [0.29, 0.717) is 12.1 Å². The summed E-state index contributed by atoms with van der Waals surface area (Å²) in [6.07, 6.45) is 7.68. The Morgan fingerprint density at radius 1 is 1.05 bits per heavy atom. The number of piperidine rings is 1. The topological polar surface area (TPSA) is 12.0 Å². The van der Waals surface area contributed by atoms with Gasteiger partial charge in [-0.1, -0.05) is 48.9 Å². The number of rotatable bonds is 1. The van der Waals surface area contributed by atoms with Crippen LogP contribution in [0.15, 0.2) is 42.5 Å². The van der Waals surface area contributed by atoms with E-state index >= 15 is 0 Å². The van der Waals surface area contributed by atoms with Crippen molar-refractivity contribution < 1.29 is 0 Å². The standard InChI is InChI=1S/C19H21N/c1-13-9-10-14-5-2-3-8-18(14)19(13)15-11-16-6-4-7-17(12-15)20-16/h2-3,5,8-11,16-17,20H,4,6-7,12H2,1H3. The Morgan fingerprint density at radius 3 is 2.85 bits per heavy atom. The van der Waals surface area contributed by atoms with Crippen LogP contribution in [-0.2, 0) is 0 Å². The van der Waals surface area contributed by atoms with Crippen LogP contribution in [0.25, 0.3) is 16.3 Å². The van der Waals surface area contributed by atoms with Gasteiger partial charge in [-0.2, -0.15) is 0 Å². The van der Waals surface area contributed by atoms with Gasteiger partial charge in [-0.15, -0.1) is 0 Å². The molecular weight excluding hydrogens is 242 g/mol. The molecule has 2 aromatic carbocycles. The molecule has 1 saturated heterocycles. The second-order valence-corrected chi connectivity index (χ2v) is 6.28. The van der Waals surface area contributed by atoms with E-state index in [1.54, 1.807) is 5.57 Å². The molecule has 0 saturated carbocycles. The lowest BCUT2D eigenvalue weighted by molar-refractivity contribution is 0.348. The molecule has 2 aliphatic heterocycles. The lowest BCUT2D eigenvalue weighted by atomic mass is 9.82. The van der Waals surface area contributed by atoms with Crippen molar-refractivity contribution in [2.24, 2.45) is 0 Å². The van der Waals surface area contributed by atoms with Gasteiger partial charge in [-0.05, 0) is 53.7 Å². The summed E-state index contributed by atoms with van der Waals surface area (Å²) in [5, 5.41) is 6.52. The van der Waals surface area contributed by atoms with Crippen molar-refractivity contribution in [2.45, 2.75) is 44.7 Å². The maximum Gasteiger partial charge on any atom is 0.0258 e. The van der Waals surface area contributed by atoms with Crippen molar-refractivity contribution in [1.82, 2.24) is 5.32 Å². The minimum atomic E-state index is 0.593. The van der Waals surface area contributed by atoms with Crippen LogP contribution in [0, 0.1) is 6.92 Å². The number of nitrogens with one attached hydrogen (secondary N) is 1. The number of benzene rings is 2. The molecule has 20 heavy (non-hydrogen) atoms. The molecule has 0 radical (unpaired) electrons. The molecule has 1 heteroatoms. The van der Waals surface area contributed by atoms with Crippen LogP contribution in [0.1, 0.15) is 36.8 Å². The highest BCUT2D eigenvalue weighted by atomic mass is 15.0. The minimum absolute atomic E-state index is 0.593. The molecule has 1 N–H and O–H groups in total. The van der Waals surface area contributed by atoms with E-state index in [0.717, 1.165) is 0 Å². The maximum atomic E-state index is 3.74. The van der Waals surface area contributed by atoms with Crippen LogP contribution in [-0.4, -0.2) is 12.1 Å². The van der Waals surface area contributed by atoms with Gasteiger partial charge in [-0.3, -0.25) is 0 Å². The van der Waals surface area contributed by atoms with Crippen molar-refractivity contribution in [3.63, 3.8) is 0 Å². The van der Waals surface area contributed by atoms with E-state index in [1.165, 1.54) is 47.6 Å². The molecule has 0 aromatic heterocycles. The van der Waals surface area contributed by atoms with Gasteiger partial charge >= 0.3 is 0 Å². The third-order valence-electron chi connectivity index (χ3n) is 4.84. The Kier molecular flexibility index (Phi) is 2.89. The summed E-state index contributed by atoms with van der Waals surface area (Å²) in [5.41, 5.74) is 4.46. The molecule has 1 nitrogen and oxygen atoms in total. The van der Waals surface area contributed by atoms with Gasteiger partial charge in [-0.25, -0.2) is 0 Å². The zero-order valence-corrected chi connectivity index (χ0v) is 12.0. The smallest absolute Gasteiger partial charge is 0.0258 e. The average Bonchev–Trinajstić information content (AvgIpc) is 2.46. The lowest BCUT2D eigenvalue weighted by Gasteiger charge is -2.35. The third kappa shape index (κ3) is 1.97. The molecule has 2 bridgehead atoms. The zero-order valence-electron chi connectivity index (χ0n) is 12.0. The minimum Gasteiger partial charge on any atom is -0.307 e. The van der Waals surface area contributed by atoms with Crippen LogP contribution in [0.5, 0.6) is 0 Å². The maximum absolute atomic E-state index is 3.74. The van der Waals surface area contributed by atoms with E-state index in [1.807, 2.05) is 0 Å². The monoisotopic (exact) mass is 263 g/mol. The summed E-state index contributed by atoms with van der Waals surface area (Å²) in [7, 11) is 0. The molecule has 1 fully saturated rings. The van der Waals surface area contributed by atoms with Crippen LogP contribution in [0.4, 0.5) is 0 Å². The first kappa shape index (κ1) is 12.2. The number of hydrogen-bond donors (Lipinski definition) is 1. The molecule has 0 amide bonds. The Bertz CT molecular complexity index is 683. The molecule has 0 spiro atoms. The highest BCUT2D eigenvalue weighted by Crippen LogP contribution is 2.36. The van der Waals surface area contributed by atoms with E-state index in [-0.39, 0.29) is 0 Å². The average molecular weight is 263 g/mol. The molecule has 2 unspecified atom stereocenters. The van der Waals surface area contributed by atoms with E-state index in [2.05, 4.69) is 54.7 Å². The van der Waals surface area contributed by atoms with Gasteiger partial charge in [0.05, 0.1) is 0 Å². The molecule has 4 rings (SSSR count). The summed E-state index contributed by atoms with van der Waals surface area (Å²) in [4.78, 5) is 0. The molecule has 102 valence electrons. The second-order valence-electron chi connectivity index (χ2n) is 6.28. The van der Waals surface area contributed by atoms with E-state index < -0.39 is 0 Å². The third-order valence-corrected chi connectivity index (χ3v) is 4.84. The van der Waals surface area contributed by atoms with Crippen molar-refractivity contribution in [3.05, 3.63) is 53.6 Å². The van der Waals surface area contributed by atoms with Gasteiger partial charge in [0.25, 0.3) is 0 Å². The Hall–Kier alpha value is -1.60. The SMILES string of the molecule is Cc1ccc2ccccc2c1C1=CC2CCCC(C1)N2. The summed E-state index contributed by atoms with van der Waals surface area (Å²) in [6, 6.07) is 14.6. The van der Waals surface area contributed by atoms with Crippen LogP contribution in [0.3, 0.4) is 0 Å². The first-order chi connectivity index (χ1) is 9.81. The highest BCUT2D eigenvalue weighted by Gasteiger charge is 2.26. The molecular formula is C19H21N. The lowest BCUT2D eigenvalue weighted by Crippen LogP contribution is -2.44. The Labute approximate surface area is 120 Å². The number of fused-ring (bicyclic) bond motifs is 3. The quantitative estimate of drug-likeness (QED) is 0.801. The van der Waals surface area contributed by atoms with Gasteiger partial charge in [0, 0.05) is 12.1 Å². The van der Waals surface area contributed by atoms with Gasteiger partial charge in [0.2, 0.25) is 0 Å². The first-order valence-corrected chi connectivity index (χ1v) is 7.77. The molecule has 2 aromatic rings. The normalized spacial score (nSPS) is 25.6. The van der Waals surface area contributed by atoms with Crippen LogP contribution in [0.2, 0.25) is 0 Å². The predicted octanol–water partition coefficient (Wildman–Crippen LogP) is 4.45. The van der Waals surface area contributed by atoms with E-state index in [9.17, 15) is 0 Å². The largest absolute Gasteiger partial charge is 0.307 e. The fourth-order valence-corrected chi connectivity index (χ4v) is 3.91. The van der Waals surface area contributed by atoms with Gasteiger partial charge in [0.1, 0.15) is 0 Å². The first-order valence-electron chi connectivity index (χ1n) is 7.77. The second kappa shape index (κ2) is 4.75. The molecule has 2 heterocycles. The van der Waals surface area contributed by atoms with Crippen molar-refractivity contribution in [1.29, 1.82) is 0 Å². The van der Waals surface area contributed by atoms with Gasteiger partial charge < -0.3 is 5.32 Å². The summed E-state index contributed by atoms with van der Waals surface area (Å²) in [6.45, 7) is 2.25. The summed E-state index contributed by atoms with van der Waals surface area (Å²) < 4.78 is 0. The molecule has 2 aliphatic rings. The van der Waals surface area contributed by atoms with Crippen LogP contribution < -0.4 is 5.32 Å². The Balaban J connectivity index is 1.89. The highest BCUT2D eigenvalue weighted by molar-refractivity contribution is 5.95. The van der Waals surface area contributed by atoms with Crippen molar-refractivity contribution in [2.75, 3.05) is 0 Å². The summed E-state index contributed by atoms with van der Waals surface area (Å²) >= 11 is 0. The number of aryl methyl sites for hydroxylation is 1. The van der Waals surface area contributed by atoms with Crippen LogP contribution >= 0.6 is 0 Å². The fraction of sp³-hybridized carbons (Fsp3) is 0.368. The molecule has 2 atom stereocenters. The summed E-state index contributed by atoms with van der Waals surface area (Å²) in [5.74, 6) is 0. The number of hydrogen-bond acceptors (Lipinski definition) is 1.